The number of nitrogens with two attached hydrogens (primary N) is 1. The fourth-order valence-corrected chi connectivity index (χ4v) is 6.39. The van der Waals surface area contributed by atoms with Gasteiger partial charge in [-0.3, -0.25) is 14.4 Å². The fourth-order valence-electron chi connectivity index (χ4n) is 5.04. The van der Waals surface area contributed by atoms with Gasteiger partial charge >= 0.3 is 12.1 Å². The third kappa shape index (κ3) is 10.5. The van der Waals surface area contributed by atoms with Crippen molar-refractivity contribution in [1.29, 1.82) is 0 Å². The number of alkyl halides is 3. The first kappa shape index (κ1) is 35.8. The highest BCUT2D eigenvalue weighted by molar-refractivity contribution is 7.98. The predicted octanol–water partition coefficient (Wildman–Crippen LogP) is 6.65. The molecule has 0 saturated carbocycles. The quantitative estimate of drug-likeness (QED) is 0.117. The second-order valence-corrected chi connectivity index (χ2v) is 12.5. The number of carbonyl (C=O) groups excluding carboxylic acids is 2. The average molecular weight is 690 g/mol. The molecule has 2 amide bonds. The molecule has 1 unspecified atom stereocenters. The molecule has 4 rings (SSSR count). The first-order valence-corrected chi connectivity index (χ1v) is 16.5. The van der Waals surface area contributed by atoms with Crippen LogP contribution in [0.4, 0.5) is 24.5 Å². The van der Waals surface area contributed by atoms with Crippen LogP contribution < -0.4 is 21.4 Å². The van der Waals surface area contributed by atoms with E-state index >= 15 is 0 Å². The molecule has 0 spiro atoms. The number of nitrogens with zero attached hydrogens (tertiary/aromatic N) is 2. The van der Waals surface area contributed by atoms with Crippen molar-refractivity contribution >= 4 is 58.7 Å². The Labute approximate surface area is 279 Å². The van der Waals surface area contributed by atoms with Crippen LogP contribution in [0.1, 0.15) is 63.1 Å². The highest BCUT2D eigenvalue weighted by Gasteiger charge is 2.33. The standard InChI is InChI=1S/C33H35ClF3N5O4S/c34-28-9-7-21(14-27(28)33(35,36)37)18-39-41-32(46)26-16-25(42-11-2-1-3-12-42)8-10-29(26)40-31(45)24-6-4-5-22(13-24)19-47-20-23(17-38)15-30(43)44/h4-10,13-14,16,18,23H,1-3,11-12,15,17,19-20,38H2,(H,40,45)(H,41,46)(H,43,44). The number of carbonyl (C=O) groups is 3. The van der Waals surface area contributed by atoms with Gasteiger partial charge in [0.2, 0.25) is 0 Å². The minimum absolute atomic E-state index is 0.0101. The number of hydrogen-bond acceptors (Lipinski definition) is 7. The SMILES string of the molecule is NCC(CSCc1cccc(C(=O)Nc2ccc(N3CCCCC3)cc2C(=O)NN=Cc2ccc(Cl)c(C(F)(F)F)c2)c1)CC(=O)O. The molecule has 3 aromatic carbocycles. The van der Waals surface area contributed by atoms with Gasteiger partial charge in [0.1, 0.15) is 0 Å². The summed E-state index contributed by atoms with van der Waals surface area (Å²) in [7, 11) is 0. The third-order valence-corrected chi connectivity index (χ3v) is 9.07. The highest BCUT2D eigenvalue weighted by atomic mass is 35.5. The number of anilines is 2. The van der Waals surface area contributed by atoms with Crippen molar-refractivity contribution in [3.05, 3.63) is 93.5 Å². The number of amides is 2. The lowest BCUT2D eigenvalue weighted by Crippen LogP contribution is -2.30. The Morgan fingerprint density at radius 1 is 1.04 bits per heavy atom. The summed E-state index contributed by atoms with van der Waals surface area (Å²) in [6.45, 7) is 1.89. The van der Waals surface area contributed by atoms with Crippen molar-refractivity contribution in [2.45, 2.75) is 37.6 Å². The summed E-state index contributed by atoms with van der Waals surface area (Å²) in [6, 6.07) is 15.4. The molecule has 1 atom stereocenters. The van der Waals surface area contributed by atoms with Gasteiger partial charge in [-0.25, -0.2) is 5.43 Å². The zero-order valence-corrected chi connectivity index (χ0v) is 26.9. The van der Waals surface area contributed by atoms with Crippen molar-refractivity contribution in [2.24, 2.45) is 16.8 Å². The first-order chi connectivity index (χ1) is 22.4. The van der Waals surface area contributed by atoms with Crippen molar-refractivity contribution in [1.82, 2.24) is 5.43 Å². The van der Waals surface area contributed by atoms with Gasteiger partial charge in [-0.2, -0.15) is 30.0 Å². The number of carboxylic acid groups (broad SMARTS) is 1. The van der Waals surface area contributed by atoms with Gasteiger partial charge in [0.15, 0.2) is 0 Å². The summed E-state index contributed by atoms with van der Waals surface area (Å²) in [4.78, 5) is 39.9. The molecule has 1 aliphatic rings. The maximum absolute atomic E-state index is 13.4. The summed E-state index contributed by atoms with van der Waals surface area (Å²) in [5.74, 6) is -1.07. The number of aliphatic carboxylic acids is 1. The molecule has 250 valence electrons. The number of halogens is 4. The second kappa shape index (κ2) is 16.7. The van der Waals surface area contributed by atoms with E-state index in [0.717, 1.165) is 62.0 Å². The topological polar surface area (TPSA) is 137 Å². The van der Waals surface area contributed by atoms with Gasteiger partial charge in [-0.1, -0.05) is 29.8 Å². The van der Waals surface area contributed by atoms with Gasteiger partial charge in [0, 0.05) is 30.1 Å². The van der Waals surface area contributed by atoms with Crippen LogP contribution in [-0.2, 0) is 16.7 Å². The van der Waals surface area contributed by atoms with Crippen molar-refractivity contribution in [3.8, 4) is 0 Å². The van der Waals surface area contributed by atoms with Crippen LogP contribution in [0.25, 0.3) is 0 Å². The number of piperidine rings is 1. The largest absolute Gasteiger partial charge is 0.481 e. The summed E-state index contributed by atoms with van der Waals surface area (Å²) < 4.78 is 39.8. The number of hydrazone groups is 1. The number of thioether (sulfide) groups is 1. The molecular weight excluding hydrogens is 655 g/mol. The number of carboxylic acids is 1. The normalized spacial score (nSPS) is 14.2. The predicted molar refractivity (Wildman–Crippen MR) is 179 cm³/mol. The van der Waals surface area contributed by atoms with Crippen molar-refractivity contribution < 1.29 is 32.7 Å². The molecule has 0 aliphatic carbocycles. The molecule has 1 saturated heterocycles. The van der Waals surface area contributed by atoms with E-state index in [4.69, 9.17) is 22.4 Å². The maximum atomic E-state index is 13.4. The van der Waals surface area contributed by atoms with E-state index in [9.17, 15) is 27.6 Å². The summed E-state index contributed by atoms with van der Waals surface area (Å²) >= 11 is 7.22. The Morgan fingerprint density at radius 2 is 1.81 bits per heavy atom. The molecule has 1 aliphatic heterocycles. The molecule has 5 N–H and O–H groups in total. The highest BCUT2D eigenvalue weighted by Crippen LogP contribution is 2.35. The first-order valence-electron chi connectivity index (χ1n) is 14.9. The van der Waals surface area contributed by atoms with Gasteiger partial charge < -0.3 is 21.1 Å². The van der Waals surface area contributed by atoms with Gasteiger partial charge in [-0.05, 0) is 91.1 Å². The van der Waals surface area contributed by atoms with Gasteiger partial charge in [0.25, 0.3) is 11.8 Å². The lowest BCUT2D eigenvalue weighted by atomic mass is 10.1. The molecule has 0 bridgehead atoms. The monoisotopic (exact) mass is 689 g/mol. The third-order valence-electron chi connectivity index (χ3n) is 7.50. The molecular formula is C33H35ClF3N5O4S. The Hall–Kier alpha value is -4.07. The molecule has 14 heteroatoms. The summed E-state index contributed by atoms with van der Waals surface area (Å²) in [5, 5.41) is 15.3. The van der Waals surface area contributed by atoms with Crippen LogP contribution >= 0.6 is 23.4 Å². The number of hydrogen-bond donors (Lipinski definition) is 4. The van der Waals surface area contributed by atoms with E-state index in [1.807, 2.05) is 12.1 Å². The van der Waals surface area contributed by atoms with E-state index in [2.05, 4.69) is 20.7 Å². The minimum Gasteiger partial charge on any atom is -0.481 e. The molecule has 0 radical (unpaired) electrons. The number of rotatable bonds is 13. The Morgan fingerprint density at radius 3 is 2.51 bits per heavy atom. The Balaban J connectivity index is 1.50. The number of nitrogens with one attached hydrogen (secondary N) is 2. The minimum atomic E-state index is -4.65. The van der Waals surface area contributed by atoms with Gasteiger partial charge in [0.05, 0.1) is 34.5 Å². The van der Waals surface area contributed by atoms with E-state index in [0.29, 0.717) is 17.1 Å². The second-order valence-electron chi connectivity index (χ2n) is 11.1. The molecule has 1 fully saturated rings. The van der Waals surface area contributed by atoms with Crippen LogP contribution in [0.15, 0.2) is 65.8 Å². The summed E-state index contributed by atoms with van der Waals surface area (Å²) in [5.41, 5.74) is 9.48. The fraction of sp³-hybridized carbons (Fsp3) is 0.333. The van der Waals surface area contributed by atoms with E-state index in [1.165, 1.54) is 17.8 Å². The zero-order valence-electron chi connectivity index (χ0n) is 25.4. The van der Waals surface area contributed by atoms with Gasteiger partial charge in [-0.15, -0.1) is 0 Å². The zero-order chi connectivity index (χ0) is 34.0. The van der Waals surface area contributed by atoms with Crippen LogP contribution in [0.2, 0.25) is 5.02 Å². The Kier molecular flexibility index (Phi) is 12.7. The molecule has 0 aromatic heterocycles. The summed E-state index contributed by atoms with van der Waals surface area (Å²) in [6.07, 6.45) is -0.458. The van der Waals surface area contributed by atoms with E-state index in [-0.39, 0.29) is 35.7 Å². The maximum Gasteiger partial charge on any atom is 0.417 e. The Bertz CT molecular complexity index is 1620. The molecule has 3 aromatic rings. The van der Waals surface area contributed by atoms with Crippen LogP contribution in [0.5, 0.6) is 0 Å². The molecule has 1 heterocycles. The van der Waals surface area contributed by atoms with Crippen LogP contribution in [-0.4, -0.2) is 54.5 Å². The lowest BCUT2D eigenvalue weighted by Gasteiger charge is -2.29. The smallest absolute Gasteiger partial charge is 0.417 e. The lowest BCUT2D eigenvalue weighted by molar-refractivity contribution is -0.138. The van der Waals surface area contributed by atoms with E-state index < -0.39 is 34.5 Å². The molecule has 9 nitrogen and oxygen atoms in total. The number of benzene rings is 3. The average Bonchev–Trinajstić information content (AvgIpc) is 3.05. The van der Waals surface area contributed by atoms with Crippen LogP contribution in [0, 0.1) is 5.92 Å². The van der Waals surface area contributed by atoms with Crippen LogP contribution in [0.3, 0.4) is 0 Å². The molecule has 47 heavy (non-hydrogen) atoms. The van der Waals surface area contributed by atoms with Crippen molar-refractivity contribution in [3.63, 3.8) is 0 Å². The van der Waals surface area contributed by atoms with E-state index in [1.54, 1.807) is 30.3 Å². The van der Waals surface area contributed by atoms with Crippen molar-refractivity contribution in [2.75, 3.05) is 35.6 Å².